The molecular formula is C17H27NOS2. The number of benzene rings is 1. The number of aromatic hydroxyl groups is 1. The summed E-state index contributed by atoms with van der Waals surface area (Å²) in [7, 11) is 3.70. The Balaban J connectivity index is 1.64. The van der Waals surface area contributed by atoms with Crippen LogP contribution in [-0.2, 0) is 0 Å². The maximum absolute atomic E-state index is 9.42. The molecule has 1 aromatic carbocycles. The van der Waals surface area contributed by atoms with Crippen molar-refractivity contribution in [3.63, 3.8) is 0 Å². The summed E-state index contributed by atoms with van der Waals surface area (Å²) in [4.78, 5) is 0. The van der Waals surface area contributed by atoms with Crippen LogP contribution >= 0.6 is 20.0 Å². The van der Waals surface area contributed by atoms with E-state index < -0.39 is 9.06 Å². The molecule has 1 heterocycles. The number of phenolic OH excluding ortho intramolecular Hbond substituents is 1. The lowest BCUT2D eigenvalue weighted by Crippen LogP contribution is -2.43. The first-order chi connectivity index (χ1) is 10.1. The molecule has 3 unspecified atom stereocenters. The summed E-state index contributed by atoms with van der Waals surface area (Å²) in [5.41, 5.74) is 1.20. The number of nitrogens with zero attached hydrogens (tertiary/aromatic N) is 1. The van der Waals surface area contributed by atoms with Gasteiger partial charge in [-0.15, -0.1) is 0 Å². The predicted molar refractivity (Wildman–Crippen MR) is 97.5 cm³/mol. The topological polar surface area (TPSA) is 23.5 Å². The van der Waals surface area contributed by atoms with Crippen LogP contribution in [0, 0.1) is 5.92 Å². The van der Waals surface area contributed by atoms with Crippen molar-refractivity contribution in [3.8, 4) is 5.75 Å². The van der Waals surface area contributed by atoms with Crippen LogP contribution in [0.25, 0.3) is 0 Å². The maximum atomic E-state index is 9.42. The fourth-order valence-corrected chi connectivity index (χ4v) is 11.2. The second kappa shape index (κ2) is 6.33. The van der Waals surface area contributed by atoms with Crippen LogP contribution in [0.3, 0.4) is 0 Å². The Morgan fingerprint density at radius 1 is 1.10 bits per heavy atom. The lowest BCUT2D eigenvalue weighted by molar-refractivity contribution is 0.393. The Morgan fingerprint density at radius 2 is 1.76 bits per heavy atom. The molecule has 0 radical (unpaired) electrons. The van der Waals surface area contributed by atoms with E-state index >= 15 is 0 Å². The SMILES string of the molecule is CN(SS1(C)CC2CCCCCCC21)c1ccc(O)cc1. The molecule has 4 heteroatoms. The lowest BCUT2D eigenvalue weighted by Gasteiger charge is -2.59. The van der Waals surface area contributed by atoms with E-state index in [1.54, 1.807) is 12.1 Å². The third-order valence-corrected chi connectivity index (χ3v) is 11.6. The van der Waals surface area contributed by atoms with Crippen LogP contribution in [0.2, 0.25) is 0 Å². The summed E-state index contributed by atoms with van der Waals surface area (Å²) in [6.07, 6.45) is 11.2. The summed E-state index contributed by atoms with van der Waals surface area (Å²) in [6, 6.07) is 7.59. The molecule has 2 aliphatic rings. The van der Waals surface area contributed by atoms with Crippen molar-refractivity contribution >= 4 is 25.7 Å². The molecule has 1 aliphatic heterocycles. The monoisotopic (exact) mass is 325 g/mol. The molecule has 0 spiro atoms. The van der Waals surface area contributed by atoms with Crippen molar-refractivity contribution < 1.29 is 5.11 Å². The van der Waals surface area contributed by atoms with Crippen LogP contribution < -0.4 is 4.31 Å². The fraction of sp³-hybridized carbons (Fsp3) is 0.647. The second-order valence-corrected chi connectivity index (χ2v) is 13.1. The molecule has 2 nitrogen and oxygen atoms in total. The normalized spacial score (nSPS) is 35.5. The Morgan fingerprint density at radius 3 is 2.48 bits per heavy atom. The van der Waals surface area contributed by atoms with Gasteiger partial charge in [-0.3, -0.25) is 0 Å². The van der Waals surface area contributed by atoms with E-state index in [0.29, 0.717) is 5.75 Å². The minimum atomic E-state index is -0.557. The maximum Gasteiger partial charge on any atom is 0.115 e. The van der Waals surface area contributed by atoms with Gasteiger partial charge in [0.05, 0.1) is 0 Å². The molecule has 1 aliphatic carbocycles. The molecule has 21 heavy (non-hydrogen) atoms. The van der Waals surface area contributed by atoms with Gasteiger partial charge in [-0.1, -0.05) is 25.7 Å². The minimum Gasteiger partial charge on any atom is -0.508 e. The van der Waals surface area contributed by atoms with E-state index in [1.807, 2.05) is 12.1 Å². The van der Waals surface area contributed by atoms with Crippen LogP contribution in [0.1, 0.15) is 38.5 Å². The molecule has 0 bridgehead atoms. The summed E-state index contributed by atoms with van der Waals surface area (Å²) in [5.74, 6) is 2.80. The first kappa shape index (κ1) is 15.4. The molecular weight excluding hydrogens is 298 g/mol. The Hall–Kier alpha value is -0.480. The van der Waals surface area contributed by atoms with E-state index in [0.717, 1.165) is 11.2 Å². The molecule has 1 saturated carbocycles. The third kappa shape index (κ3) is 3.31. The first-order valence-electron chi connectivity index (χ1n) is 8.06. The number of rotatable bonds is 3. The van der Waals surface area contributed by atoms with Crippen molar-refractivity contribution in [3.05, 3.63) is 24.3 Å². The highest BCUT2D eigenvalue weighted by molar-refractivity contribution is 8.95. The second-order valence-electron chi connectivity index (χ2n) is 6.62. The number of hydrogen-bond acceptors (Lipinski definition) is 3. The Kier molecular flexibility index (Phi) is 4.65. The van der Waals surface area contributed by atoms with E-state index in [4.69, 9.17) is 0 Å². The highest BCUT2D eigenvalue weighted by Crippen LogP contribution is 2.73. The average Bonchev–Trinajstić information content (AvgIpc) is 2.42. The number of anilines is 1. The smallest absolute Gasteiger partial charge is 0.115 e. The zero-order valence-corrected chi connectivity index (χ0v) is 14.8. The molecule has 1 saturated heterocycles. The van der Waals surface area contributed by atoms with Crippen LogP contribution in [0.4, 0.5) is 5.69 Å². The lowest BCUT2D eigenvalue weighted by atomic mass is 9.91. The van der Waals surface area contributed by atoms with Crippen molar-refractivity contribution in [1.82, 2.24) is 0 Å². The van der Waals surface area contributed by atoms with Crippen molar-refractivity contribution in [2.75, 3.05) is 23.4 Å². The summed E-state index contributed by atoms with van der Waals surface area (Å²) in [6.45, 7) is 0. The largest absolute Gasteiger partial charge is 0.508 e. The summed E-state index contributed by atoms with van der Waals surface area (Å²) >= 11 is 0. The number of hydrogen-bond donors (Lipinski definition) is 1. The van der Waals surface area contributed by atoms with Gasteiger partial charge < -0.3 is 9.41 Å². The zero-order chi connectivity index (χ0) is 14.9. The van der Waals surface area contributed by atoms with Gasteiger partial charge in [-0.25, -0.2) is 0 Å². The van der Waals surface area contributed by atoms with Crippen molar-refractivity contribution in [1.29, 1.82) is 0 Å². The zero-order valence-electron chi connectivity index (χ0n) is 13.1. The fourth-order valence-electron chi connectivity index (χ4n) is 3.85. The molecule has 118 valence electrons. The van der Waals surface area contributed by atoms with Gasteiger partial charge in [0, 0.05) is 29.0 Å². The highest BCUT2D eigenvalue weighted by Gasteiger charge is 2.47. The van der Waals surface area contributed by atoms with Gasteiger partial charge in [-0.05, 0) is 55.0 Å². The Bertz CT molecular complexity index is 478. The number of phenols is 1. The van der Waals surface area contributed by atoms with E-state index in [1.165, 1.54) is 50.0 Å². The van der Waals surface area contributed by atoms with Gasteiger partial charge >= 0.3 is 0 Å². The quantitative estimate of drug-likeness (QED) is 0.612. The van der Waals surface area contributed by atoms with Crippen LogP contribution in [-0.4, -0.2) is 29.4 Å². The van der Waals surface area contributed by atoms with Crippen LogP contribution in [0.5, 0.6) is 5.75 Å². The van der Waals surface area contributed by atoms with Gasteiger partial charge in [0.1, 0.15) is 5.75 Å². The van der Waals surface area contributed by atoms with Gasteiger partial charge in [-0.2, -0.15) is 9.06 Å². The molecule has 0 aromatic heterocycles. The van der Waals surface area contributed by atoms with E-state index in [-0.39, 0.29) is 0 Å². The predicted octanol–water partition coefficient (Wildman–Crippen LogP) is 5.18. The molecule has 0 amide bonds. The van der Waals surface area contributed by atoms with Gasteiger partial charge in [0.15, 0.2) is 0 Å². The first-order valence-corrected chi connectivity index (χ1v) is 11.6. The molecule has 3 atom stereocenters. The standard InChI is InChI=1S/C17H27NOS2/c1-18(15-9-11-16(19)12-10-15)20-21(2)13-14-7-5-3-4-6-8-17(14)21/h9-12,14,17,19H,3-8,13H2,1-2H3. The van der Waals surface area contributed by atoms with Gasteiger partial charge in [0.2, 0.25) is 0 Å². The molecule has 1 aromatic rings. The summed E-state index contributed by atoms with van der Waals surface area (Å²) in [5, 5.41) is 10.4. The summed E-state index contributed by atoms with van der Waals surface area (Å²) < 4.78 is 2.32. The average molecular weight is 326 g/mol. The van der Waals surface area contributed by atoms with E-state index in [9.17, 15) is 5.11 Å². The Labute approximate surface area is 134 Å². The van der Waals surface area contributed by atoms with Crippen molar-refractivity contribution in [2.45, 2.75) is 43.8 Å². The number of fused-ring (bicyclic) bond motifs is 1. The van der Waals surface area contributed by atoms with Gasteiger partial charge in [0.25, 0.3) is 0 Å². The third-order valence-electron chi connectivity index (χ3n) is 5.02. The molecule has 2 fully saturated rings. The highest BCUT2D eigenvalue weighted by atomic mass is 33.2. The minimum absolute atomic E-state index is 0.347. The van der Waals surface area contributed by atoms with Crippen molar-refractivity contribution in [2.24, 2.45) is 5.92 Å². The van der Waals surface area contributed by atoms with E-state index in [2.05, 4.69) is 28.6 Å². The van der Waals surface area contributed by atoms with Crippen LogP contribution in [0.15, 0.2) is 24.3 Å². The molecule has 1 N–H and O–H groups in total. The molecule has 3 rings (SSSR count).